The van der Waals surface area contributed by atoms with Crippen LogP contribution in [0.2, 0.25) is 0 Å². The third-order valence-corrected chi connectivity index (χ3v) is 3.09. The molecule has 2 N–H and O–H groups in total. The molecular formula is C15H17NO3. The molecular weight excluding hydrogens is 242 g/mol. The standard InChI is InChI=1S/C15H17NO3/c1-9-7-8-14(19-9)11(3)16-15(18)12-5-4-6-13(17)10(12)2/h4-8,11,17H,1-3H3,(H,16,18). The van der Waals surface area contributed by atoms with Gasteiger partial charge in [-0.25, -0.2) is 0 Å². The first-order valence-electron chi connectivity index (χ1n) is 6.15. The number of aryl methyl sites for hydroxylation is 1. The van der Waals surface area contributed by atoms with Crippen molar-refractivity contribution < 1.29 is 14.3 Å². The van der Waals surface area contributed by atoms with Crippen molar-refractivity contribution in [1.29, 1.82) is 0 Å². The van der Waals surface area contributed by atoms with Crippen LogP contribution in [0.5, 0.6) is 5.75 Å². The summed E-state index contributed by atoms with van der Waals surface area (Å²) in [5.74, 6) is 1.41. The van der Waals surface area contributed by atoms with Crippen LogP contribution in [0.4, 0.5) is 0 Å². The fraction of sp³-hybridized carbons (Fsp3) is 0.267. The Morgan fingerprint density at radius 2 is 2.00 bits per heavy atom. The molecule has 0 aliphatic rings. The number of hydrogen-bond donors (Lipinski definition) is 2. The molecule has 2 rings (SSSR count). The Labute approximate surface area is 112 Å². The summed E-state index contributed by atoms with van der Waals surface area (Å²) in [5.41, 5.74) is 1.04. The number of amides is 1. The number of rotatable bonds is 3. The minimum atomic E-state index is -0.227. The Kier molecular flexibility index (Phi) is 3.60. The van der Waals surface area contributed by atoms with Gasteiger partial charge in [-0.3, -0.25) is 4.79 Å². The van der Waals surface area contributed by atoms with Crippen molar-refractivity contribution in [3.63, 3.8) is 0 Å². The summed E-state index contributed by atoms with van der Waals surface area (Å²) < 4.78 is 5.47. The first kappa shape index (κ1) is 13.2. The van der Waals surface area contributed by atoms with E-state index in [0.717, 1.165) is 5.76 Å². The van der Waals surface area contributed by atoms with Gasteiger partial charge in [-0.05, 0) is 45.0 Å². The van der Waals surface area contributed by atoms with Gasteiger partial charge in [0.1, 0.15) is 17.3 Å². The van der Waals surface area contributed by atoms with Crippen LogP contribution in [0.3, 0.4) is 0 Å². The van der Waals surface area contributed by atoms with Gasteiger partial charge >= 0.3 is 0 Å². The Hall–Kier alpha value is -2.23. The fourth-order valence-electron chi connectivity index (χ4n) is 1.90. The van der Waals surface area contributed by atoms with E-state index in [1.807, 2.05) is 26.0 Å². The van der Waals surface area contributed by atoms with Crippen LogP contribution < -0.4 is 5.32 Å². The summed E-state index contributed by atoms with van der Waals surface area (Å²) >= 11 is 0. The zero-order valence-corrected chi connectivity index (χ0v) is 11.2. The minimum absolute atomic E-state index is 0.120. The molecule has 100 valence electrons. The molecule has 1 unspecified atom stereocenters. The third-order valence-electron chi connectivity index (χ3n) is 3.09. The molecule has 0 fully saturated rings. The van der Waals surface area contributed by atoms with E-state index in [0.29, 0.717) is 16.9 Å². The first-order valence-corrected chi connectivity index (χ1v) is 6.15. The maximum absolute atomic E-state index is 12.1. The second-order valence-electron chi connectivity index (χ2n) is 4.59. The number of nitrogens with one attached hydrogen (secondary N) is 1. The Bertz CT molecular complexity index is 601. The lowest BCUT2D eigenvalue weighted by Gasteiger charge is -2.13. The molecule has 0 aliphatic carbocycles. The van der Waals surface area contributed by atoms with E-state index in [1.54, 1.807) is 25.1 Å². The van der Waals surface area contributed by atoms with Crippen LogP contribution in [0.1, 0.15) is 40.4 Å². The van der Waals surface area contributed by atoms with Crippen LogP contribution in [0.25, 0.3) is 0 Å². The van der Waals surface area contributed by atoms with Gasteiger partial charge in [0.15, 0.2) is 0 Å². The maximum atomic E-state index is 12.1. The lowest BCUT2D eigenvalue weighted by atomic mass is 10.1. The number of carbonyl (C=O) groups excluding carboxylic acids is 1. The second-order valence-corrected chi connectivity index (χ2v) is 4.59. The van der Waals surface area contributed by atoms with Crippen LogP contribution in [0.15, 0.2) is 34.7 Å². The highest BCUT2D eigenvalue weighted by Gasteiger charge is 2.16. The molecule has 1 atom stereocenters. The molecule has 19 heavy (non-hydrogen) atoms. The van der Waals surface area contributed by atoms with Gasteiger partial charge in [0, 0.05) is 11.1 Å². The predicted molar refractivity (Wildman–Crippen MR) is 72.2 cm³/mol. The molecule has 0 saturated heterocycles. The molecule has 4 nitrogen and oxygen atoms in total. The van der Waals surface area contributed by atoms with Gasteiger partial charge in [0.25, 0.3) is 5.91 Å². The van der Waals surface area contributed by atoms with Crippen molar-refractivity contribution in [2.75, 3.05) is 0 Å². The van der Waals surface area contributed by atoms with Gasteiger partial charge in [-0.2, -0.15) is 0 Å². The smallest absolute Gasteiger partial charge is 0.252 e. The highest BCUT2D eigenvalue weighted by atomic mass is 16.3. The highest BCUT2D eigenvalue weighted by Crippen LogP contribution is 2.21. The van der Waals surface area contributed by atoms with Crippen LogP contribution in [-0.4, -0.2) is 11.0 Å². The quantitative estimate of drug-likeness (QED) is 0.890. The predicted octanol–water partition coefficient (Wildman–Crippen LogP) is 3.09. The monoisotopic (exact) mass is 259 g/mol. The largest absolute Gasteiger partial charge is 0.508 e. The lowest BCUT2D eigenvalue weighted by molar-refractivity contribution is 0.0934. The molecule has 0 radical (unpaired) electrons. The fourth-order valence-corrected chi connectivity index (χ4v) is 1.90. The van der Waals surface area contributed by atoms with E-state index in [-0.39, 0.29) is 17.7 Å². The molecule has 0 aliphatic heterocycles. The summed E-state index contributed by atoms with van der Waals surface area (Å²) in [6, 6.07) is 8.38. The van der Waals surface area contributed by atoms with Gasteiger partial charge in [-0.1, -0.05) is 6.07 Å². The van der Waals surface area contributed by atoms with E-state index >= 15 is 0 Å². The summed E-state index contributed by atoms with van der Waals surface area (Å²) in [4.78, 5) is 12.1. The molecule has 2 aromatic rings. The summed E-state index contributed by atoms with van der Waals surface area (Å²) in [6.45, 7) is 5.43. The van der Waals surface area contributed by atoms with Gasteiger partial charge in [-0.15, -0.1) is 0 Å². The molecule has 0 spiro atoms. The number of phenolic OH excluding ortho intramolecular Hbond substituents is 1. The number of phenols is 1. The van der Waals surface area contributed by atoms with Crippen molar-refractivity contribution in [1.82, 2.24) is 5.32 Å². The van der Waals surface area contributed by atoms with E-state index in [9.17, 15) is 9.90 Å². The van der Waals surface area contributed by atoms with Crippen LogP contribution in [-0.2, 0) is 0 Å². The van der Waals surface area contributed by atoms with Crippen molar-refractivity contribution in [2.24, 2.45) is 0 Å². The number of aromatic hydroxyl groups is 1. The molecule has 1 aromatic heterocycles. The normalized spacial score (nSPS) is 12.2. The minimum Gasteiger partial charge on any atom is -0.508 e. The number of benzene rings is 1. The molecule has 0 saturated carbocycles. The van der Waals surface area contributed by atoms with E-state index in [1.165, 1.54) is 0 Å². The average Bonchev–Trinajstić information content (AvgIpc) is 2.79. The number of carbonyl (C=O) groups is 1. The summed E-state index contributed by atoms with van der Waals surface area (Å²) in [6.07, 6.45) is 0. The zero-order valence-electron chi connectivity index (χ0n) is 11.2. The SMILES string of the molecule is Cc1ccc(C(C)NC(=O)c2cccc(O)c2C)o1. The average molecular weight is 259 g/mol. The molecule has 1 aromatic carbocycles. The van der Waals surface area contributed by atoms with E-state index in [4.69, 9.17) is 4.42 Å². The highest BCUT2D eigenvalue weighted by molar-refractivity contribution is 5.96. The molecule has 0 bridgehead atoms. The van der Waals surface area contributed by atoms with Gasteiger partial charge in [0.05, 0.1) is 6.04 Å². The molecule has 4 heteroatoms. The topological polar surface area (TPSA) is 62.5 Å². The third kappa shape index (κ3) is 2.78. The zero-order chi connectivity index (χ0) is 14.0. The van der Waals surface area contributed by atoms with Crippen molar-refractivity contribution in [2.45, 2.75) is 26.8 Å². The van der Waals surface area contributed by atoms with E-state index in [2.05, 4.69) is 5.32 Å². The maximum Gasteiger partial charge on any atom is 0.252 e. The first-order chi connectivity index (χ1) is 8.99. The van der Waals surface area contributed by atoms with Crippen molar-refractivity contribution in [3.05, 3.63) is 53.0 Å². The Morgan fingerprint density at radius 3 is 2.63 bits per heavy atom. The molecule has 1 heterocycles. The van der Waals surface area contributed by atoms with Crippen molar-refractivity contribution in [3.8, 4) is 5.75 Å². The Morgan fingerprint density at radius 1 is 1.26 bits per heavy atom. The van der Waals surface area contributed by atoms with E-state index < -0.39 is 0 Å². The number of furan rings is 1. The van der Waals surface area contributed by atoms with Crippen molar-refractivity contribution >= 4 is 5.91 Å². The summed E-state index contributed by atoms with van der Waals surface area (Å²) in [7, 11) is 0. The van der Waals surface area contributed by atoms with Gasteiger partial charge < -0.3 is 14.8 Å². The lowest BCUT2D eigenvalue weighted by Crippen LogP contribution is -2.27. The Balaban J connectivity index is 2.15. The summed E-state index contributed by atoms with van der Waals surface area (Å²) in [5, 5.41) is 12.5. The van der Waals surface area contributed by atoms with Crippen LogP contribution in [0, 0.1) is 13.8 Å². The second kappa shape index (κ2) is 5.18. The number of hydrogen-bond acceptors (Lipinski definition) is 3. The van der Waals surface area contributed by atoms with Crippen LogP contribution >= 0.6 is 0 Å². The van der Waals surface area contributed by atoms with Gasteiger partial charge in [0.2, 0.25) is 0 Å². The molecule has 1 amide bonds.